The van der Waals surface area contributed by atoms with Gasteiger partial charge >= 0.3 is 0 Å². The highest BCUT2D eigenvalue weighted by atomic mass is 15.3. The summed E-state index contributed by atoms with van der Waals surface area (Å²) in [6.45, 7) is 13.5. The van der Waals surface area contributed by atoms with Crippen molar-refractivity contribution in [2.45, 2.75) is 53.1 Å². The van der Waals surface area contributed by atoms with Gasteiger partial charge in [0.15, 0.2) is 0 Å². The zero-order chi connectivity index (χ0) is 14.4. The summed E-state index contributed by atoms with van der Waals surface area (Å²) in [6.07, 6.45) is 3.79. The maximum absolute atomic E-state index is 4.60. The second-order valence-electron chi connectivity index (χ2n) is 6.04. The third-order valence-electron chi connectivity index (χ3n) is 4.14. The predicted molar refractivity (Wildman–Crippen MR) is 83.8 cm³/mol. The Kier molecular flexibility index (Phi) is 6.05. The van der Waals surface area contributed by atoms with Crippen LogP contribution in [0, 0.1) is 5.92 Å². The topological polar surface area (TPSA) is 33.1 Å². The summed E-state index contributed by atoms with van der Waals surface area (Å²) in [5, 5.41) is 8.20. The van der Waals surface area contributed by atoms with Gasteiger partial charge in [0.1, 0.15) is 0 Å². The van der Waals surface area contributed by atoms with Gasteiger partial charge < -0.3 is 10.2 Å². The van der Waals surface area contributed by atoms with Crippen LogP contribution in [0.4, 0.5) is 0 Å². The van der Waals surface area contributed by atoms with Gasteiger partial charge in [0.25, 0.3) is 0 Å². The number of hydrogen-bond acceptors (Lipinski definition) is 3. The third-order valence-corrected chi connectivity index (χ3v) is 4.14. The van der Waals surface area contributed by atoms with E-state index in [1.807, 2.05) is 0 Å². The van der Waals surface area contributed by atoms with Gasteiger partial charge in [0.05, 0.1) is 11.4 Å². The second-order valence-corrected chi connectivity index (χ2v) is 6.04. The molecule has 1 aromatic rings. The molecule has 1 unspecified atom stereocenters. The molecule has 20 heavy (non-hydrogen) atoms. The van der Waals surface area contributed by atoms with Gasteiger partial charge in [0, 0.05) is 19.6 Å². The average Bonchev–Trinajstić information content (AvgIpc) is 3.07. The van der Waals surface area contributed by atoms with Crippen LogP contribution in [0.3, 0.4) is 0 Å². The Bertz CT molecular complexity index is 393. The van der Waals surface area contributed by atoms with E-state index in [0.717, 1.165) is 32.0 Å². The third kappa shape index (κ3) is 4.32. The molecule has 4 nitrogen and oxygen atoms in total. The lowest BCUT2D eigenvalue weighted by molar-refractivity contribution is 0.282. The molecule has 0 saturated carbocycles. The van der Waals surface area contributed by atoms with Crippen LogP contribution in [0.2, 0.25) is 0 Å². The van der Waals surface area contributed by atoms with Crippen molar-refractivity contribution in [2.75, 3.05) is 26.2 Å². The van der Waals surface area contributed by atoms with E-state index in [-0.39, 0.29) is 0 Å². The Balaban J connectivity index is 1.72. The number of hydrogen-bond donors (Lipinski definition) is 1. The van der Waals surface area contributed by atoms with E-state index in [9.17, 15) is 0 Å². The molecule has 1 fully saturated rings. The van der Waals surface area contributed by atoms with Gasteiger partial charge in [-0.25, -0.2) is 0 Å². The molecule has 1 atom stereocenters. The van der Waals surface area contributed by atoms with E-state index >= 15 is 0 Å². The number of nitrogens with one attached hydrogen (secondary N) is 1. The summed E-state index contributed by atoms with van der Waals surface area (Å²) in [6, 6.07) is 2.24. The molecule has 1 aliphatic heterocycles. The van der Waals surface area contributed by atoms with Crippen molar-refractivity contribution in [3.63, 3.8) is 0 Å². The second kappa shape index (κ2) is 7.79. The van der Waals surface area contributed by atoms with Gasteiger partial charge in [-0.3, -0.25) is 4.68 Å². The van der Waals surface area contributed by atoms with Crippen molar-refractivity contribution in [3.8, 4) is 0 Å². The molecule has 1 aliphatic rings. The Morgan fingerprint density at radius 1 is 1.30 bits per heavy atom. The van der Waals surface area contributed by atoms with Crippen LogP contribution in [-0.2, 0) is 19.5 Å². The van der Waals surface area contributed by atoms with E-state index in [0.29, 0.717) is 0 Å². The molecule has 0 radical (unpaired) electrons. The van der Waals surface area contributed by atoms with Crippen LogP contribution >= 0.6 is 0 Å². The van der Waals surface area contributed by atoms with E-state index in [2.05, 4.69) is 46.8 Å². The zero-order valence-electron chi connectivity index (χ0n) is 13.4. The molecule has 0 amide bonds. The fourth-order valence-corrected chi connectivity index (χ4v) is 3.02. The van der Waals surface area contributed by atoms with Crippen molar-refractivity contribution in [3.05, 3.63) is 17.5 Å². The molecule has 2 heterocycles. The van der Waals surface area contributed by atoms with E-state index < -0.39 is 0 Å². The minimum Gasteiger partial charge on any atom is -0.311 e. The van der Waals surface area contributed by atoms with Gasteiger partial charge in [-0.1, -0.05) is 13.8 Å². The monoisotopic (exact) mass is 278 g/mol. The number of aryl methyl sites for hydroxylation is 2. The fraction of sp³-hybridized carbons (Fsp3) is 0.812. The van der Waals surface area contributed by atoms with Crippen LogP contribution in [0.15, 0.2) is 6.07 Å². The van der Waals surface area contributed by atoms with Crippen LogP contribution in [0.1, 0.15) is 45.0 Å². The average molecular weight is 278 g/mol. The normalized spacial score (nSPS) is 17.8. The number of nitrogens with zero attached hydrogens (tertiary/aromatic N) is 3. The first-order valence-electron chi connectivity index (χ1n) is 8.21. The van der Waals surface area contributed by atoms with Crippen molar-refractivity contribution >= 4 is 0 Å². The lowest BCUT2D eigenvalue weighted by Crippen LogP contribution is -2.31. The molecule has 1 saturated heterocycles. The summed E-state index contributed by atoms with van der Waals surface area (Å²) in [7, 11) is 0. The Labute approximate surface area is 123 Å². The maximum Gasteiger partial charge on any atom is 0.0625 e. The van der Waals surface area contributed by atoms with Crippen molar-refractivity contribution < 1.29 is 0 Å². The number of rotatable bonds is 8. The lowest BCUT2D eigenvalue weighted by atomic mass is 10.1. The summed E-state index contributed by atoms with van der Waals surface area (Å²) in [5.74, 6) is 0.719. The molecular formula is C16H30N4. The first kappa shape index (κ1) is 15.5. The van der Waals surface area contributed by atoms with Crippen LogP contribution < -0.4 is 5.32 Å². The Morgan fingerprint density at radius 2 is 2.05 bits per heavy atom. The summed E-state index contributed by atoms with van der Waals surface area (Å²) in [5.41, 5.74) is 2.52. The van der Waals surface area contributed by atoms with Crippen molar-refractivity contribution in [1.82, 2.24) is 20.0 Å². The molecular weight excluding hydrogens is 248 g/mol. The van der Waals surface area contributed by atoms with Crippen molar-refractivity contribution in [1.29, 1.82) is 0 Å². The van der Waals surface area contributed by atoms with E-state index in [1.165, 1.54) is 43.9 Å². The number of aromatic nitrogens is 2. The van der Waals surface area contributed by atoms with Gasteiger partial charge in [-0.05, 0) is 57.8 Å². The van der Waals surface area contributed by atoms with Gasteiger partial charge in [-0.2, -0.15) is 5.10 Å². The van der Waals surface area contributed by atoms with Crippen LogP contribution in [0.25, 0.3) is 0 Å². The molecule has 0 bridgehead atoms. The Hall–Kier alpha value is -0.870. The van der Waals surface area contributed by atoms with Gasteiger partial charge in [0.2, 0.25) is 0 Å². The fourth-order valence-electron chi connectivity index (χ4n) is 3.02. The largest absolute Gasteiger partial charge is 0.311 e. The standard InChI is InChI=1S/C16H30N4/c1-4-15-10-16(20(5-2)18-15)12-17-11-14(3)13-19-8-6-7-9-19/h10,14,17H,4-9,11-13H2,1-3H3. The zero-order valence-corrected chi connectivity index (χ0v) is 13.4. The van der Waals surface area contributed by atoms with E-state index in [4.69, 9.17) is 0 Å². The first-order chi connectivity index (χ1) is 9.72. The smallest absolute Gasteiger partial charge is 0.0625 e. The minimum absolute atomic E-state index is 0.719. The van der Waals surface area contributed by atoms with Crippen LogP contribution in [0.5, 0.6) is 0 Å². The van der Waals surface area contributed by atoms with Crippen molar-refractivity contribution in [2.24, 2.45) is 5.92 Å². The summed E-state index contributed by atoms with van der Waals surface area (Å²) in [4.78, 5) is 2.60. The molecule has 114 valence electrons. The summed E-state index contributed by atoms with van der Waals surface area (Å²) < 4.78 is 2.12. The quantitative estimate of drug-likeness (QED) is 0.792. The highest BCUT2D eigenvalue weighted by Gasteiger charge is 2.14. The molecule has 4 heteroatoms. The Morgan fingerprint density at radius 3 is 2.70 bits per heavy atom. The SMILES string of the molecule is CCc1cc(CNCC(C)CN2CCCC2)n(CC)n1. The highest BCUT2D eigenvalue weighted by Crippen LogP contribution is 2.10. The maximum atomic E-state index is 4.60. The molecule has 2 rings (SSSR count). The molecule has 0 aromatic carbocycles. The molecule has 0 spiro atoms. The summed E-state index contributed by atoms with van der Waals surface area (Å²) >= 11 is 0. The van der Waals surface area contributed by atoms with E-state index in [1.54, 1.807) is 0 Å². The lowest BCUT2D eigenvalue weighted by Gasteiger charge is -2.20. The molecule has 1 aromatic heterocycles. The number of likely N-dealkylation sites (tertiary alicyclic amines) is 1. The van der Waals surface area contributed by atoms with Crippen LogP contribution in [-0.4, -0.2) is 40.9 Å². The first-order valence-corrected chi connectivity index (χ1v) is 8.21. The van der Waals surface area contributed by atoms with Gasteiger partial charge in [-0.15, -0.1) is 0 Å². The highest BCUT2D eigenvalue weighted by molar-refractivity contribution is 5.10. The predicted octanol–water partition coefficient (Wildman–Crippen LogP) is 2.29. The molecule has 1 N–H and O–H groups in total. The molecule has 0 aliphatic carbocycles. The minimum atomic E-state index is 0.719.